The summed E-state index contributed by atoms with van der Waals surface area (Å²) in [7, 11) is 0. The van der Waals surface area contributed by atoms with Gasteiger partial charge in [-0.1, -0.05) is 38.1 Å². The molecule has 0 amide bonds. The van der Waals surface area contributed by atoms with E-state index in [1.54, 1.807) is 0 Å². The molecule has 2 aromatic carbocycles. The minimum atomic E-state index is -0.0730. The molecule has 0 aliphatic carbocycles. The van der Waals surface area contributed by atoms with Crippen molar-refractivity contribution >= 4 is 11.0 Å². The second-order valence-electron chi connectivity index (χ2n) is 6.37. The Kier molecular flexibility index (Phi) is 4.86. The van der Waals surface area contributed by atoms with Crippen LogP contribution in [0.2, 0.25) is 0 Å². The van der Waals surface area contributed by atoms with E-state index >= 15 is 0 Å². The first-order valence-corrected chi connectivity index (χ1v) is 8.38. The number of imidazole rings is 1. The molecule has 0 radical (unpaired) electrons. The summed E-state index contributed by atoms with van der Waals surface area (Å²) in [6.45, 7) is 7.54. The Labute approximate surface area is 142 Å². The molecular formula is C20H24N2O2. The first-order valence-electron chi connectivity index (χ1n) is 8.38. The van der Waals surface area contributed by atoms with Crippen LogP contribution in [0.1, 0.15) is 36.7 Å². The fourth-order valence-corrected chi connectivity index (χ4v) is 2.99. The number of aryl methyl sites for hydroxylation is 1. The van der Waals surface area contributed by atoms with Gasteiger partial charge in [-0.05, 0) is 42.2 Å². The summed E-state index contributed by atoms with van der Waals surface area (Å²) in [5.74, 6) is 2.04. The summed E-state index contributed by atoms with van der Waals surface area (Å²) in [5, 5.41) is 9.56. The number of para-hydroxylation sites is 2. The summed E-state index contributed by atoms with van der Waals surface area (Å²) in [5.41, 5.74) is 4.34. The number of hydrogen-bond acceptors (Lipinski definition) is 3. The molecule has 1 N–H and O–H groups in total. The quantitative estimate of drug-likeness (QED) is 0.744. The molecule has 3 aromatic rings. The highest BCUT2D eigenvalue weighted by atomic mass is 16.5. The summed E-state index contributed by atoms with van der Waals surface area (Å²) in [6, 6.07) is 14.3. The van der Waals surface area contributed by atoms with Crippen molar-refractivity contribution in [2.24, 2.45) is 0 Å². The molecule has 3 rings (SSSR count). The average molecular weight is 324 g/mol. The Morgan fingerprint density at radius 3 is 2.71 bits per heavy atom. The number of aromatic nitrogens is 2. The number of rotatable bonds is 6. The van der Waals surface area contributed by atoms with Gasteiger partial charge in [0.1, 0.15) is 24.8 Å². The maximum atomic E-state index is 9.56. The fraction of sp³-hybridized carbons (Fsp3) is 0.350. The summed E-state index contributed by atoms with van der Waals surface area (Å²) in [4.78, 5) is 4.47. The first-order chi connectivity index (χ1) is 11.6. The second-order valence-corrected chi connectivity index (χ2v) is 6.37. The summed E-state index contributed by atoms with van der Waals surface area (Å²) >= 11 is 0. The number of aliphatic hydroxyl groups excluding tert-OH is 1. The molecular weight excluding hydrogens is 300 g/mol. The fourth-order valence-electron chi connectivity index (χ4n) is 2.99. The minimum absolute atomic E-state index is 0.0730. The van der Waals surface area contributed by atoms with Crippen LogP contribution in [-0.2, 0) is 13.2 Å². The number of ether oxygens (including phenoxy) is 1. The Morgan fingerprint density at radius 2 is 1.96 bits per heavy atom. The van der Waals surface area contributed by atoms with Gasteiger partial charge in [-0.25, -0.2) is 4.98 Å². The molecule has 1 heterocycles. The van der Waals surface area contributed by atoms with Crippen molar-refractivity contribution in [1.29, 1.82) is 0 Å². The molecule has 0 saturated heterocycles. The van der Waals surface area contributed by atoms with Gasteiger partial charge in [-0.2, -0.15) is 0 Å². The van der Waals surface area contributed by atoms with E-state index in [4.69, 9.17) is 4.74 Å². The van der Waals surface area contributed by atoms with Crippen LogP contribution in [0.5, 0.6) is 5.75 Å². The molecule has 0 atom stereocenters. The summed E-state index contributed by atoms with van der Waals surface area (Å²) < 4.78 is 8.10. The summed E-state index contributed by atoms with van der Waals surface area (Å²) in [6.07, 6.45) is 0. The van der Waals surface area contributed by atoms with Gasteiger partial charge in [-0.15, -0.1) is 0 Å². The normalized spacial score (nSPS) is 11.4. The van der Waals surface area contributed by atoms with Gasteiger partial charge in [0.05, 0.1) is 17.6 Å². The van der Waals surface area contributed by atoms with Crippen LogP contribution in [0.4, 0.5) is 0 Å². The largest absolute Gasteiger partial charge is 0.491 e. The molecule has 126 valence electrons. The highest BCUT2D eigenvalue weighted by Crippen LogP contribution is 2.27. The number of hydrogen-bond donors (Lipinski definition) is 1. The van der Waals surface area contributed by atoms with Gasteiger partial charge in [0.15, 0.2) is 0 Å². The van der Waals surface area contributed by atoms with Gasteiger partial charge in [0.25, 0.3) is 0 Å². The number of fused-ring (bicyclic) bond motifs is 1. The SMILES string of the molecule is Cc1ccc(C(C)C)c(OCCn2c(CO)nc3ccccc32)c1. The van der Waals surface area contributed by atoms with Crippen molar-refractivity contribution in [1.82, 2.24) is 9.55 Å². The maximum Gasteiger partial charge on any atom is 0.135 e. The van der Waals surface area contributed by atoms with Gasteiger partial charge in [-0.3, -0.25) is 0 Å². The van der Waals surface area contributed by atoms with Gasteiger partial charge in [0, 0.05) is 0 Å². The lowest BCUT2D eigenvalue weighted by Gasteiger charge is -2.16. The molecule has 0 unspecified atom stereocenters. The van der Waals surface area contributed by atoms with E-state index in [9.17, 15) is 5.11 Å². The molecule has 4 heteroatoms. The predicted molar refractivity (Wildman–Crippen MR) is 96.4 cm³/mol. The zero-order chi connectivity index (χ0) is 17.1. The molecule has 4 nitrogen and oxygen atoms in total. The zero-order valence-corrected chi connectivity index (χ0v) is 14.5. The number of nitrogens with zero attached hydrogens (tertiary/aromatic N) is 2. The molecule has 0 aliphatic heterocycles. The lowest BCUT2D eigenvalue weighted by atomic mass is 10.0. The van der Waals surface area contributed by atoms with E-state index in [-0.39, 0.29) is 6.61 Å². The van der Waals surface area contributed by atoms with Gasteiger partial charge in [0.2, 0.25) is 0 Å². The third kappa shape index (κ3) is 3.29. The van der Waals surface area contributed by atoms with Crippen LogP contribution in [0.25, 0.3) is 11.0 Å². The van der Waals surface area contributed by atoms with Crippen molar-refractivity contribution in [2.45, 2.75) is 39.8 Å². The Bertz CT molecular complexity index is 837. The Balaban J connectivity index is 1.79. The van der Waals surface area contributed by atoms with Crippen LogP contribution in [-0.4, -0.2) is 21.3 Å². The Hall–Kier alpha value is -2.33. The van der Waals surface area contributed by atoms with Crippen LogP contribution < -0.4 is 4.74 Å². The number of aliphatic hydroxyl groups is 1. The lowest BCUT2D eigenvalue weighted by Crippen LogP contribution is -2.12. The predicted octanol–water partition coefficient (Wildman–Crippen LogP) is 4.04. The minimum Gasteiger partial charge on any atom is -0.491 e. The topological polar surface area (TPSA) is 47.3 Å². The van der Waals surface area contributed by atoms with E-state index in [0.29, 0.717) is 24.9 Å². The molecule has 24 heavy (non-hydrogen) atoms. The van der Waals surface area contributed by atoms with E-state index in [2.05, 4.69) is 44.0 Å². The van der Waals surface area contributed by atoms with Crippen LogP contribution >= 0.6 is 0 Å². The van der Waals surface area contributed by atoms with Gasteiger partial charge < -0.3 is 14.4 Å². The smallest absolute Gasteiger partial charge is 0.135 e. The van der Waals surface area contributed by atoms with Crippen molar-refractivity contribution in [2.75, 3.05) is 6.61 Å². The van der Waals surface area contributed by atoms with Crippen LogP contribution in [0.3, 0.4) is 0 Å². The lowest BCUT2D eigenvalue weighted by molar-refractivity contribution is 0.255. The van der Waals surface area contributed by atoms with Gasteiger partial charge >= 0.3 is 0 Å². The molecule has 0 aliphatic rings. The monoisotopic (exact) mass is 324 g/mol. The van der Waals surface area contributed by atoms with E-state index in [1.165, 1.54) is 11.1 Å². The third-order valence-electron chi connectivity index (χ3n) is 4.24. The molecule has 0 fully saturated rings. The second kappa shape index (κ2) is 7.05. The van der Waals surface area contributed by atoms with E-state index in [1.807, 2.05) is 28.8 Å². The maximum absolute atomic E-state index is 9.56. The van der Waals surface area contributed by atoms with Crippen molar-refractivity contribution < 1.29 is 9.84 Å². The standard InChI is InChI=1S/C20H24N2O2/c1-14(2)16-9-8-15(3)12-19(16)24-11-10-22-18-7-5-4-6-17(18)21-20(22)13-23/h4-9,12,14,23H,10-11,13H2,1-3H3. The van der Waals surface area contributed by atoms with Crippen LogP contribution in [0.15, 0.2) is 42.5 Å². The first kappa shape index (κ1) is 16.5. The molecule has 0 bridgehead atoms. The highest BCUT2D eigenvalue weighted by molar-refractivity contribution is 5.75. The number of benzene rings is 2. The van der Waals surface area contributed by atoms with Crippen molar-refractivity contribution in [3.05, 3.63) is 59.4 Å². The van der Waals surface area contributed by atoms with Crippen molar-refractivity contribution in [3.63, 3.8) is 0 Å². The Morgan fingerprint density at radius 1 is 1.17 bits per heavy atom. The molecule has 1 aromatic heterocycles. The molecule has 0 spiro atoms. The average Bonchev–Trinajstić information content (AvgIpc) is 2.93. The van der Waals surface area contributed by atoms with E-state index in [0.717, 1.165) is 16.8 Å². The van der Waals surface area contributed by atoms with E-state index < -0.39 is 0 Å². The molecule has 0 saturated carbocycles. The van der Waals surface area contributed by atoms with Crippen molar-refractivity contribution in [3.8, 4) is 5.75 Å². The third-order valence-corrected chi connectivity index (χ3v) is 4.24. The highest BCUT2D eigenvalue weighted by Gasteiger charge is 2.11. The zero-order valence-electron chi connectivity index (χ0n) is 14.5. The van der Waals surface area contributed by atoms with Crippen LogP contribution in [0, 0.1) is 6.92 Å².